The fourth-order valence-electron chi connectivity index (χ4n) is 3.80. The van der Waals surface area contributed by atoms with Gasteiger partial charge in [-0.2, -0.15) is 0 Å². The van der Waals surface area contributed by atoms with Gasteiger partial charge < -0.3 is 0 Å². The normalized spacial score (nSPS) is 34.2. The van der Waals surface area contributed by atoms with Gasteiger partial charge in [0, 0.05) is 4.47 Å². The SMILES string of the molecule is O=C1[C@@H]2[C@H](C(=O)N1c1ccc(Br)cc1F)[C@H]1C=C[C@@H]2C1. The van der Waals surface area contributed by atoms with E-state index in [2.05, 4.69) is 15.9 Å². The lowest BCUT2D eigenvalue weighted by atomic mass is 9.85. The Morgan fingerprint density at radius 2 is 1.70 bits per heavy atom. The van der Waals surface area contributed by atoms with Gasteiger partial charge in [-0.25, -0.2) is 9.29 Å². The molecule has 0 radical (unpaired) electrons. The molecule has 5 heteroatoms. The molecule has 0 N–H and O–H groups in total. The van der Waals surface area contributed by atoms with Gasteiger partial charge in [-0.1, -0.05) is 28.1 Å². The van der Waals surface area contributed by atoms with Gasteiger partial charge in [0.25, 0.3) is 0 Å². The highest BCUT2D eigenvalue weighted by atomic mass is 79.9. The standard InChI is InChI=1S/C15H11BrFNO2/c16-9-3-4-11(10(17)6-9)18-14(19)12-7-1-2-8(5-7)13(12)15(18)20/h1-4,6-8,12-13H,5H2/t7-,8+,12+,13-. The summed E-state index contributed by atoms with van der Waals surface area (Å²) in [5.74, 6) is -1.35. The van der Waals surface area contributed by atoms with Crippen molar-refractivity contribution >= 4 is 33.4 Å². The summed E-state index contributed by atoms with van der Waals surface area (Å²) in [6.07, 6.45) is 4.93. The number of rotatable bonds is 1. The largest absolute Gasteiger partial charge is 0.274 e. The summed E-state index contributed by atoms with van der Waals surface area (Å²) in [5, 5.41) is 0. The van der Waals surface area contributed by atoms with Crippen LogP contribution in [0, 0.1) is 29.5 Å². The van der Waals surface area contributed by atoms with E-state index in [4.69, 9.17) is 0 Å². The summed E-state index contributed by atoms with van der Waals surface area (Å²) in [4.78, 5) is 26.1. The van der Waals surface area contributed by atoms with Crippen molar-refractivity contribution in [2.24, 2.45) is 23.7 Å². The first-order valence-electron chi connectivity index (χ1n) is 6.59. The van der Waals surface area contributed by atoms with E-state index in [1.54, 1.807) is 6.07 Å². The van der Waals surface area contributed by atoms with Crippen LogP contribution in [0.3, 0.4) is 0 Å². The molecular weight excluding hydrogens is 325 g/mol. The molecule has 1 heterocycles. The Hall–Kier alpha value is -1.49. The number of allylic oxidation sites excluding steroid dienone is 2. The van der Waals surface area contributed by atoms with Crippen molar-refractivity contribution in [3.63, 3.8) is 0 Å². The summed E-state index contributed by atoms with van der Waals surface area (Å²) < 4.78 is 14.6. The molecule has 0 spiro atoms. The highest BCUT2D eigenvalue weighted by Gasteiger charge is 2.59. The number of hydrogen-bond donors (Lipinski definition) is 0. The summed E-state index contributed by atoms with van der Waals surface area (Å²) in [6.45, 7) is 0. The highest BCUT2D eigenvalue weighted by Crippen LogP contribution is 2.53. The second-order valence-corrected chi connectivity index (χ2v) is 6.52. The van der Waals surface area contributed by atoms with Gasteiger partial charge >= 0.3 is 0 Å². The zero-order chi connectivity index (χ0) is 14.0. The van der Waals surface area contributed by atoms with Crippen molar-refractivity contribution in [1.82, 2.24) is 0 Å². The fourth-order valence-corrected chi connectivity index (χ4v) is 4.14. The number of anilines is 1. The van der Waals surface area contributed by atoms with E-state index in [1.165, 1.54) is 12.1 Å². The Kier molecular flexibility index (Phi) is 2.46. The fraction of sp³-hybridized carbons (Fsp3) is 0.333. The molecule has 102 valence electrons. The Bertz CT molecular complexity index is 642. The number of carbonyl (C=O) groups excluding carboxylic acids is 2. The van der Waals surface area contributed by atoms with E-state index in [-0.39, 0.29) is 41.2 Å². The van der Waals surface area contributed by atoms with Crippen LogP contribution in [-0.2, 0) is 9.59 Å². The molecule has 2 bridgehead atoms. The number of amides is 2. The summed E-state index contributed by atoms with van der Waals surface area (Å²) in [7, 11) is 0. The van der Waals surface area contributed by atoms with Gasteiger partial charge in [0.2, 0.25) is 11.8 Å². The Morgan fingerprint density at radius 3 is 2.25 bits per heavy atom. The smallest absolute Gasteiger partial charge is 0.238 e. The van der Waals surface area contributed by atoms with Crippen molar-refractivity contribution in [3.05, 3.63) is 40.6 Å². The Morgan fingerprint density at radius 1 is 1.10 bits per heavy atom. The van der Waals surface area contributed by atoms with E-state index in [0.29, 0.717) is 4.47 Å². The lowest BCUT2D eigenvalue weighted by Gasteiger charge is -2.18. The molecule has 3 aliphatic rings. The zero-order valence-corrected chi connectivity index (χ0v) is 12.0. The monoisotopic (exact) mass is 335 g/mol. The number of benzene rings is 1. The van der Waals surface area contributed by atoms with Gasteiger partial charge in [-0.15, -0.1) is 0 Å². The average molecular weight is 336 g/mol. The zero-order valence-electron chi connectivity index (χ0n) is 10.4. The van der Waals surface area contributed by atoms with Crippen LogP contribution >= 0.6 is 15.9 Å². The number of fused-ring (bicyclic) bond motifs is 5. The van der Waals surface area contributed by atoms with E-state index in [9.17, 15) is 14.0 Å². The maximum Gasteiger partial charge on any atom is 0.238 e. The minimum Gasteiger partial charge on any atom is -0.274 e. The van der Waals surface area contributed by atoms with Crippen molar-refractivity contribution < 1.29 is 14.0 Å². The molecular formula is C15H11BrFNO2. The molecule has 1 saturated heterocycles. The molecule has 0 unspecified atom stereocenters. The van der Waals surface area contributed by atoms with Crippen LogP contribution in [0.5, 0.6) is 0 Å². The first kappa shape index (κ1) is 12.3. The van der Waals surface area contributed by atoms with Crippen molar-refractivity contribution in [1.29, 1.82) is 0 Å². The van der Waals surface area contributed by atoms with Crippen molar-refractivity contribution in [2.75, 3.05) is 4.90 Å². The molecule has 1 saturated carbocycles. The second kappa shape index (κ2) is 4.01. The third-order valence-electron chi connectivity index (χ3n) is 4.62. The number of carbonyl (C=O) groups is 2. The molecule has 3 nitrogen and oxygen atoms in total. The molecule has 0 aromatic heterocycles. The Labute approximate surface area is 123 Å². The first-order chi connectivity index (χ1) is 9.58. The topological polar surface area (TPSA) is 37.4 Å². The molecule has 1 aliphatic heterocycles. The van der Waals surface area contributed by atoms with Crippen LogP contribution in [0.15, 0.2) is 34.8 Å². The number of halogens is 2. The van der Waals surface area contributed by atoms with Crippen LogP contribution in [0.4, 0.5) is 10.1 Å². The predicted octanol–water partition coefficient (Wildman–Crippen LogP) is 2.90. The molecule has 4 rings (SSSR count). The van der Waals surface area contributed by atoms with Gasteiger partial charge in [-0.05, 0) is 36.5 Å². The molecule has 20 heavy (non-hydrogen) atoms. The molecule has 2 amide bonds. The van der Waals surface area contributed by atoms with E-state index in [0.717, 1.165) is 11.3 Å². The van der Waals surface area contributed by atoms with Gasteiger partial charge in [0.05, 0.1) is 17.5 Å². The van der Waals surface area contributed by atoms with Gasteiger partial charge in [-0.3, -0.25) is 9.59 Å². The number of imide groups is 1. The van der Waals surface area contributed by atoms with Crippen LogP contribution in [0.2, 0.25) is 0 Å². The molecule has 1 aromatic carbocycles. The summed E-state index contributed by atoms with van der Waals surface area (Å²) >= 11 is 3.17. The molecule has 2 fully saturated rings. The van der Waals surface area contributed by atoms with Gasteiger partial charge in [0.15, 0.2) is 0 Å². The third kappa shape index (κ3) is 1.44. The number of nitrogens with zero attached hydrogens (tertiary/aromatic N) is 1. The highest BCUT2D eigenvalue weighted by molar-refractivity contribution is 9.10. The van der Waals surface area contributed by atoms with E-state index >= 15 is 0 Å². The Balaban J connectivity index is 1.78. The minimum absolute atomic E-state index is 0.0667. The van der Waals surface area contributed by atoms with Crippen LogP contribution in [0.25, 0.3) is 0 Å². The predicted molar refractivity (Wildman–Crippen MR) is 74.3 cm³/mol. The number of hydrogen-bond acceptors (Lipinski definition) is 2. The minimum atomic E-state index is -0.554. The molecule has 1 aromatic rings. The van der Waals surface area contributed by atoms with E-state index < -0.39 is 5.82 Å². The van der Waals surface area contributed by atoms with Crippen LogP contribution in [-0.4, -0.2) is 11.8 Å². The summed E-state index contributed by atoms with van der Waals surface area (Å²) in [5.41, 5.74) is 0.0667. The maximum atomic E-state index is 14.0. The lowest BCUT2D eigenvalue weighted by molar-refractivity contribution is -0.123. The van der Waals surface area contributed by atoms with E-state index in [1.807, 2.05) is 12.2 Å². The van der Waals surface area contributed by atoms with Crippen LogP contribution < -0.4 is 4.90 Å². The van der Waals surface area contributed by atoms with Gasteiger partial charge in [0.1, 0.15) is 5.82 Å². The first-order valence-corrected chi connectivity index (χ1v) is 7.38. The van der Waals surface area contributed by atoms with Crippen molar-refractivity contribution in [3.8, 4) is 0 Å². The van der Waals surface area contributed by atoms with Crippen LogP contribution in [0.1, 0.15) is 6.42 Å². The second-order valence-electron chi connectivity index (χ2n) is 5.61. The quantitative estimate of drug-likeness (QED) is 0.584. The third-order valence-corrected chi connectivity index (χ3v) is 5.11. The average Bonchev–Trinajstić information content (AvgIpc) is 3.06. The van der Waals surface area contributed by atoms with Crippen molar-refractivity contribution in [2.45, 2.75) is 6.42 Å². The maximum absolute atomic E-state index is 14.0. The molecule has 2 aliphatic carbocycles. The molecule has 4 atom stereocenters. The summed E-state index contributed by atoms with van der Waals surface area (Å²) in [6, 6.07) is 4.39. The lowest BCUT2D eigenvalue weighted by Crippen LogP contribution is -2.33.